The first-order valence-electron chi connectivity index (χ1n) is 12.4. The van der Waals surface area contributed by atoms with E-state index in [1.165, 1.54) is 0 Å². The third kappa shape index (κ3) is 3.91. The summed E-state index contributed by atoms with van der Waals surface area (Å²) in [5, 5.41) is 9.14. The maximum Gasteiger partial charge on any atom is 0.249 e. The molecule has 4 rings (SSSR count). The average Bonchev–Trinajstić information content (AvgIpc) is 3.10. The number of rotatable bonds is 8. The van der Waals surface area contributed by atoms with Crippen molar-refractivity contribution in [1.29, 1.82) is 0 Å². The minimum atomic E-state index is -1.14. The number of unbranched alkanes of at least 4 members (excludes halogenated alkanes) is 2. The summed E-state index contributed by atoms with van der Waals surface area (Å²) in [7, 11) is 1.74. The predicted molar refractivity (Wildman–Crippen MR) is 123 cm³/mol. The van der Waals surface area contributed by atoms with Gasteiger partial charge in [-0.3, -0.25) is 14.4 Å². The van der Waals surface area contributed by atoms with Gasteiger partial charge < -0.3 is 24.5 Å². The maximum atomic E-state index is 14.0. The van der Waals surface area contributed by atoms with Gasteiger partial charge in [0.1, 0.15) is 11.6 Å². The molecule has 4 aliphatic heterocycles. The summed E-state index contributed by atoms with van der Waals surface area (Å²) < 4.78 is 6.58. The zero-order chi connectivity index (χ0) is 23.8. The maximum absolute atomic E-state index is 14.0. The Morgan fingerprint density at radius 2 is 1.91 bits per heavy atom. The van der Waals surface area contributed by atoms with Crippen molar-refractivity contribution < 1.29 is 24.2 Å². The van der Waals surface area contributed by atoms with Crippen LogP contribution >= 0.6 is 0 Å². The highest BCUT2D eigenvalue weighted by Crippen LogP contribution is 2.53. The molecule has 0 bridgehead atoms. The summed E-state index contributed by atoms with van der Waals surface area (Å²) in [4.78, 5) is 46.4. The SMILES string of the molecule is CCCC(C)N1CC=C[C@]23O[C@H]4C=CCN(C)C(=O)[C@H]4[C@H]2C(=O)N(CCCCCO)C3C1=O. The van der Waals surface area contributed by atoms with Gasteiger partial charge in [-0.15, -0.1) is 0 Å². The molecule has 0 saturated carbocycles. The average molecular weight is 460 g/mol. The summed E-state index contributed by atoms with van der Waals surface area (Å²) in [6.45, 7) is 5.62. The van der Waals surface area contributed by atoms with Crippen molar-refractivity contribution in [1.82, 2.24) is 14.7 Å². The topological polar surface area (TPSA) is 90.4 Å². The number of aliphatic hydroxyl groups is 1. The second-order valence-corrected chi connectivity index (χ2v) is 9.84. The lowest BCUT2D eigenvalue weighted by atomic mass is 9.77. The number of likely N-dealkylation sites (N-methyl/N-ethyl adjacent to an activating group) is 1. The van der Waals surface area contributed by atoms with Gasteiger partial charge in [0.15, 0.2) is 0 Å². The number of amides is 3. The quantitative estimate of drug-likeness (QED) is 0.437. The van der Waals surface area contributed by atoms with Gasteiger partial charge in [0, 0.05) is 39.3 Å². The molecule has 33 heavy (non-hydrogen) atoms. The van der Waals surface area contributed by atoms with E-state index in [4.69, 9.17) is 9.84 Å². The van der Waals surface area contributed by atoms with Crippen molar-refractivity contribution >= 4 is 17.7 Å². The number of carbonyl (C=O) groups is 3. The predicted octanol–water partition coefficient (Wildman–Crippen LogP) is 1.35. The minimum absolute atomic E-state index is 0.0484. The standard InChI is InChI=1S/C25H37N3O5/c1-4-10-17(2)27-15-9-12-25-20(19-18(33-25)11-8-13-26(3)22(19)30)23(31)28(21(25)24(27)32)14-6-5-7-16-29/h8-9,11-12,17-21,29H,4-7,10,13-16H2,1-3H3/t17?,18-,19+,20-,21?,25-/m0/s1. The Kier molecular flexibility index (Phi) is 6.96. The molecule has 2 fully saturated rings. The second kappa shape index (κ2) is 9.58. The highest BCUT2D eigenvalue weighted by Gasteiger charge is 2.71. The second-order valence-electron chi connectivity index (χ2n) is 9.84. The Morgan fingerprint density at radius 3 is 2.64 bits per heavy atom. The van der Waals surface area contributed by atoms with Crippen molar-refractivity contribution in [2.24, 2.45) is 11.8 Å². The molecule has 6 atom stereocenters. The van der Waals surface area contributed by atoms with E-state index in [9.17, 15) is 14.4 Å². The van der Waals surface area contributed by atoms with Gasteiger partial charge in [0.2, 0.25) is 17.7 Å². The van der Waals surface area contributed by atoms with Crippen LogP contribution in [0.4, 0.5) is 0 Å². The Bertz CT molecular complexity index is 842. The van der Waals surface area contributed by atoms with Crippen LogP contribution in [0.3, 0.4) is 0 Å². The molecular formula is C25H37N3O5. The highest BCUT2D eigenvalue weighted by molar-refractivity contribution is 5.99. The molecule has 182 valence electrons. The molecule has 1 spiro atoms. The van der Waals surface area contributed by atoms with Crippen molar-refractivity contribution in [3.63, 3.8) is 0 Å². The van der Waals surface area contributed by atoms with Gasteiger partial charge >= 0.3 is 0 Å². The third-order valence-corrected chi connectivity index (χ3v) is 7.69. The van der Waals surface area contributed by atoms with Crippen molar-refractivity contribution in [2.45, 2.75) is 69.7 Å². The van der Waals surface area contributed by atoms with Crippen molar-refractivity contribution in [3.8, 4) is 0 Å². The third-order valence-electron chi connectivity index (χ3n) is 7.69. The number of hydrogen-bond donors (Lipinski definition) is 1. The number of aliphatic hydroxyl groups excluding tert-OH is 1. The molecule has 0 aromatic carbocycles. The van der Waals surface area contributed by atoms with E-state index in [0.29, 0.717) is 32.5 Å². The van der Waals surface area contributed by atoms with Gasteiger partial charge in [0.25, 0.3) is 0 Å². The fraction of sp³-hybridized carbons (Fsp3) is 0.720. The Balaban J connectivity index is 1.74. The van der Waals surface area contributed by atoms with E-state index >= 15 is 0 Å². The molecular weight excluding hydrogens is 422 g/mol. The van der Waals surface area contributed by atoms with Crippen LogP contribution in [0.15, 0.2) is 24.3 Å². The summed E-state index contributed by atoms with van der Waals surface area (Å²) in [6, 6.07) is -0.729. The number of likely N-dealkylation sites (tertiary alicyclic amines) is 1. The number of ether oxygens (including phenoxy) is 1. The summed E-state index contributed by atoms with van der Waals surface area (Å²) in [6.07, 6.45) is 11.1. The number of fused-ring (bicyclic) bond motifs is 2. The molecule has 0 aromatic rings. The molecule has 0 radical (unpaired) electrons. The molecule has 8 heteroatoms. The molecule has 3 amide bonds. The van der Waals surface area contributed by atoms with Crippen molar-refractivity contribution in [3.05, 3.63) is 24.3 Å². The first kappa shape index (κ1) is 24.0. The van der Waals surface area contributed by atoms with Gasteiger partial charge in [-0.25, -0.2) is 0 Å². The zero-order valence-electron chi connectivity index (χ0n) is 20.0. The Hall–Kier alpha value is -2.19. The van der Waals surface area contributed by atoms with E-state index in [0.717, 1.165) is 19.3 Å². The fourth-order valence-electron chi connectivity index (χ4n) is 6.06. The molecule has 4 heterocycles. The van der Waals surface area contributed by atoms with Crippen LogP contribution in [0, 0.1) is 11.8 Å². The van der Waals surface area contributed by atoms with Crippen LogP contribution in [-0.4, -0.2) is 94.6 Å². The summed E-state index contributed by atoms with van der Waals surface area (Å²) >= 11 is 0. The van der Waals surface area contributed by atoms with Crippen LogP contribution in [0.2, 0.25) is 0 Å². The van der Waals surface area contributed by atoms with E-state index in [1.807, 2.05) is 36.1 Å². The van der Waals surface area contributed by atoms with Crippen LogP contribution in [0.5, 0.6) is 0 Å². The van der Waals surface area contributed by atoms with Crippen molar-refractivity contribution in [2.75, 3.05) is 33.3 Å². The van der Waals surface area contributed by atoms with Crippen LogP contribution in [0.25, 0.3) is 0 Å². The van der Waals surface area contributed by atoms with Crippen LogP contribution < -0.4 is 0 Å². The van der Waals surface area contributed by atoms with E-state index < -0.39 is 29.6 Å². The lowest BCUT2D eigenvalue weighted by Crippen LogP contribution is -2.56. The highest BCUT2D eigenvalue weighted by atomic mass is 16.5. The van der Waals surface area contributed by atoms with E-state index in [-0.39, 0.29) is 30.4 Å². The first-order valence-corrected chi connectivity index (χ1v) is 12.4. The first-order chi connectivity index (χ1) is 15.9. The molecule has 8 nitrogen and oxygen atoms in total. The van der Waals surface area contributed by atoms with E-state index in [2.05, 4.69) is 6.92 Å². The monoisotopic (exact) mass is 459 g/mol. The number of carbonyl (C=O) groups excluding carboxylic acids is 3. The summed E-state index contributed by atoms with van der Waals surface area (Å²) in [5.41, 5.74) is -1.14. The Labute approximate surface area is 196 Å². The van der Waals surface area contributed by atoms with Crippen LogP contribution in [0.1, 0.15) is 46.0 Å². The normalized spacial score (nSPS) is 34.3. The minimum Gasteiger partial charge on any atom is -0.396 e. The molecule has 2 unspecified atom stereocenters. The van der Waals surface area contributed by atoms with E-state index in [1.54, 1.807) is 16.8 Å². The molecule has 4 aliphatic rings. The largest absolute Gasteiger partial charge is 0.396 e. The fourth-order valence-corrected chi connectivity index (χ4v) is 6.06. The smallest absolute Gasteiger partial charge is 0.249 e. The lowest BCUT2D eigenvalue weighted by molar-refractivity contribution is -0.149. The van der Waals surface area contributed by atoms with Gasteiger partial charge in [0.05, 0.1) is 17.9 Å². The summed E-state index contributed by atoms with van der Waals surface area (Å²) in [5.74, 6) is -1.73. The number of nitrogens with zero attached hydrogens (tertiary/aromatic N) is 3. The molecule has 1 N–H and O–H groups in total. The van der Waals surface area contributed by atoms with Gasteiger partial charge in [-0.05, 0) is 32.6 Å². The molecule has 0 aromatic heterocycles. The number of hydrogen-bond acceptors (Lipinski definition) is 5. The molecule has 0 aliphatic carbocycles. The van der Waals surface area contributed by atoms with Crippen LogP contribution in [-0.2, 0) is 19.1 Å². The Morgan fingerprint density at radius 1 is 1.12 bits per heavy atom. The lowest BCUT2D eigenvalue weighted by Gasteiger charge is -2.37. The van der Waals surface area contributed by atoms with Gasteiger partial charge in [-0.2, -0.15) is 0 Å². The molecule has 2 saturated heterocycles. The van der Waals surface area contributed by atoms with Gasteiger partial charge in [-0.1, -0.05) is 37.6 Å². The zero-order valence-corrected chi connectivity index (χ0v) is 20.0.